The maximum atomic E-state index is 11.9. The third kappa shape index (κ3) is 4.57. The summed E-state index contributed by atoms with van der Waals surface area (Å²) in [4.78, 5) is 11.9. The SMILES string of the molecule is O=C(COc1ccc(Cl)cc1Cl)NCC(O)c1ccc2c(c1)CCO2. The zero-order valence-electron chi connectivity index (χ0n) is 13.3. The predicted molar refractivity (Wildman–Crippen MR) is 95.6 cm³/mol. The van der Waals surface area contributed by atoms with Crippen molar-refractivity contribution in [2.75, 3.05) is 19.8 Å². The van der Waals surface area contributed by atoms with E-state index >= 15 is 0 Å². The van der Waals surface area contributed by atoms with Gasteiger partial charge in [-0.3, -0.25) is 4.79 Å². The van der Waals surface area contributed by atoms with E-state index in [0.29, 0.717) is 22.4 Å². The van der Waals surface area contributed by atoms with Gasteiger partial charge in [0.25, 0.3) is 5.91 Å². The Bertz CT molecular complexity index is 782. The van der Waals surface area contributed by atoms with Crippen molar-refractivity contribution in [3.8, 4) is 11.5 Å². The van der Waals surface area contributed by atoms with Crippen molar-refractivity contribution in [3.05, 3.63) is 57.6 Å². The lowest BCUT2D eigenvalue weighted by atomic mass is 10.0. The molecule has 1 aliphatic heterocycles. The Hall–Kier alpha value is -1.95. The van der Waals surface area contributed by atoms with Gasteiger partial charge in [0.05, 0.1) is 17.7 Å². The van der Waals surface area contributed by atoms with Crippen LogP contribution in [0.1, 0.15) is 17.2 Å². The highest BCUT2D eigenvalue weighted by molar-refractivity contribution is 6.35. The standard InChI is InChI=1S/C18H17Cl2NO4/c19-13-2-4-17(14(20)8-13)25-10-18(23)21-9-15(22)11-1-3-16-12(7-11)5-6-24-16/h1-4,7-8,15,22H,5-6,9-10H2,(H,21,23). The van der Waals surface area contributed by atoms with E-state index in [1.54, 1.807) is 18.2 Å². The number of carbonyl (C=O) groups is 1. The number of carbonyl (C=O) groups excluding carboxylic acids is 1. The number of hydrogen-bond donors (Lipinski definition) is 2. The highest BCUT2D eigenvalue weighted by atomic mass is 35.5. The third-order valence-electron chi connectivity index (χ3n) is 3.84. The summed E-state index contributed by atoms with van der Waals surface area (Å²) in [7, 11) is 0. The number of halogens is 2. The van der Waals surface area contributed by atoms with Gasteiger partial charge in [-0.05, 0) is 41.5 Å². The van der Waals surface area contributed by atoms with Gasteiger partial charge in [0.15, 0.2) is 6.61 Å². The number of rotatable bonds is 6. The van der Waals surface area contributed by atoms with Gasteiger partial charge in [0, 0.05) is 18.0 Å². The molecule has 0 bridgehead atoms. The molecule has 0 saturated carbocycles. The molecule has 1 unspecified atom stereocenters. The number of fused-ring (bicyclic) bond motifs is 1. The largest absolute Gasteiger partial charge is 0.493 e. The number of amides is 1. The molecule has 1 heterocycles. The minimum Gasteiger partial charge on any atom is -0.493 e. The first kappa shape index (κ1) is 17.9. The summed E-state index contributed by atoms with van der Waals surface area (Å²) >= 11 is 11.8. The molecular formula is C18H17Cl2NO4. The molecule has 0 fully saturated rings. The van der Waals surface area contributed by atoms with Gasteiger partial charge in [-0.15, -0.1) is 0 Å². The van der Waals surface area contributed by atoms with Gasteiger partial charge in [0.1, 0.15) is 11.5 Å². The molecule has 2 N–H and O–H groups in total. The van der Waals surface area contributed by atoms with E-state index in [0.717, 1.165) is 23.3 Å². The van der Waals surface area contributed by atoms with Crippen LogP contribution >= 0.6 is 23.2 Å². The number of nitrogens with one attached hydrogen (secondary N) is 1. The molecule has 1 amide bonds. The zero-order chi connectivity index (χ0) is 17.8. The summed E-state index contributed by atoms with van der Waals surface area (Å²) in [5.41, 5.74) is 1.81. The van der Waals surface area contributed by atoms with Crippen LogP contribution in [0, 0.1) is 0 Å². The van der Waals surface area contributed by atoms with Gasteiger partial charge in [-0.2, -0.15) is 0 Å². The van der Waals surface area contributed by atoms with Crippen LogP contribution in [0.15, 0.2) is 36.4 Å². The summed E-state index contributed by atoms with van der Waals surface area (Å²) in [5.74, 6) is 0.878. The Morgan fingerprint density at radius 2 is 2.12 bits per heavy atom. The molecule has 0 spiro atoms. The Morgan fingerprint density at radius 1 is 1.28 bits per heavy atom. The van der Waals surface area contributed by atoms with Gasteiger partial charge in [-0.25, -0.2) is 0 Å². The van der Waals surface area contributed by atoms with E-state index < -0.39 is 6.10 Å². The van der Waals surface area contributed by atoms with Crippen molar-refractivity contribution in [2.24, 2.45) is 0 Å². The number of hydrogen-bond acceptors (Lipinski definition) is 4. The van der Waals surface area contributed by atoms with E-state index in [1.807, 2.05) is 12.1 Å². The van der Waals surface area contributed by atoms with Gasteiger partial charge in [-0.1, -0.05) is 29.3 Å². The Labute approximate surface area is 155 Å². The lowest BCUT2D eigenvalue weighted by molar-refractivity contribution is -0.123. The van der Waals surface area contributed by atoms with Crippen molar-refractivity contribution in [1.82, 2.24) is 5.32 Å². The molecule has 7 heteroatoms. The summed E-state index contributed by atoms with van der Waals surface area (Å²) < 4.78 is 10.8. The zero-order valence-corrected chi connectivity index (χ0v) is 14.8. The highest BCUT2D eigenvalue weighted by Gasteiger charge is 2.16. The van der Waals surface area contributed by atoms with Crippen LogP contribution in [0.5, 0.6) is 11.5 Å². The molecule has 3 rings (SSSR count). The van der Waals surface area contributed by atoms with Gasteiger partial charge < -0.3 is 19.9 Å². The maximum Gasteiger partial charge on any atom is 0.258 e. The van der Waals surface area contributed by atoms with Gasteiger partial charge in [0.2, 0.25) is 0 Å². The van der Waals surface area contributed by atoms with Crippen LogP contribution < -0.4 is 14.8 Å². The van der Waals surface area contributed by atoms with Crippen LogP contribution in [0.4, 0.5) is 0 Å². The monoisotopic (exact) mass is 381 g/mol. The second-order valence-corrected chi connectivity index (χ2v) is 6.49. The van der Waals surface area contributed by atoms with E-state index in [4.69, 9.17) is 32.7 Å². The average Bonchev–Trinajstić information content (AvgIpc) is 3.06. The lowest BCUT2D eigenvalue weighted by Gasteiger charge is -2.14. The van der Waals surface area contributed by atoms with Crippen LogP contribution in [-0.4, -0.2) is 30.8 Å². The van der Waals surface area contributed by atoms with Crippen molar-refractivity contribution >= 4 is 29.1 Å². The third-order valence-corrected chi connectivity index (χ3v) is 4.37. The van der Waals surface area contributed by atoms with Crippen molar-refractivity contribution < 1.29 is 19.4 Å². The molecule has 0 radical (unpaired) electrons. The number of aliphatic hydroxyl groups excluding tert-OH is 1. The molecular weight excluding hydrogens is 365 g/mol. The first-order valence-corrected chi connectivity index (χ1v) is 8.57. The Balaban J connectivity index is 1.48. The summed E-state index contributed by atoms with van der Waals surface area (Å²) in [6.07, 6.45) is 0.0340. The average molecular weight is 382 g/mol. The van der Waals surface area contributed by atoms with Crippen LogP contribution in [-0.2, 0) is 11.2 Å². The Kier molecular flexibility index (Phi) is 5.68. The topological polar surface area (TPSA) is 67.8 Å². The molecule has 1 atom stereocenters. The molecule has 132 valence electrons. The van der Waals surface area contributed by atoms with Crippen molar-refractivity contribution in [3.63, 3.8) is 0 Å². The highest BCUT2D eigenvalue weighted by Crippen LogP contribution is 2.28. The van der Waals surface area contributed by atoms with Gasteiger partial charge >= 0.3 is 0 Å². The number of benzene rings is 2. The fourth-order valence-electron chi connectivity index (χ4n) is 2.53. The molecule has 5 nitrogen and oxygen atoms in total. The summed E-state index contributed by atoms with van der Waals surface area (Å²) in [5, 5.41) is 13.7. The maximum absolute atomic E-state index is 11.9. The molecule has 0 saturated heterocycles. The fourth-order valence-corrected chi connectivity index (χ4v) is 2.99. The second-order valence-electron chi connectivity index (χ2n) is 5.65. The van der Waals surface area contributed by atoms with Crippen LogP contribution in [0.3, 0.4) is 0 Å². The minimum absolute atomic E-state index is 0.0934. The van der Waals surface area contributed by atoms with E-state index in [1.165, 1.54) is 6.07 Å². The first-order valence-electron chi connectivity index (χ1n) is 7.81. The molecule has 2 aromatic carbocycles. The lowest BCUT2D eigenvalue weighted by Crippen LogP contribution is -2.32. The quantitative estimate of drug-likeness (QED) is 0.806. The van der Waals surface area contributed by atoms with Crippen molar-refractivity contribution in [2.45, 2.75) is 12.5 Å². The fraction of sp³-hybridized carbons (Fsp3) is 0.278. The number of ether oxygens (including phenoxy) is 2. The molecule has 1 aliphatic rings. The molecule has 25 heavy (non-hydrogen) atoms. The smallest absolute Gasteiger partial charge is 0.258 e. The van der Waals surface area contributed by atoms with Crippen LogP contribution in [0.2, 0.25) is 10.0 Å². The van der Waals surface area contributed by atoms with E-state index in [2.05, 4.69) is 5.32 Å². The minimum atomic E-state index is -0.797. The van der Waals surface area contributed by atoms with E-state index in [9.17, 15) is 9.90 Å². The predicted octanol–water partition coefficient (Wildman–Crippen LogP) is 3.16. The molecule has 0 aromatic heterocycles. The van der Waals surface area contributed by atoms with Crippen molar-refractivity contribution in [1.29, 1.82) is 0 Å². The summed E-state index contributed by atoms with van der Waals surface area (Å²) in [6.45, 7) is 0.554. The first-order chi connectivity index (χ1) is 12.0. The molecule has 2 aromatic rings. The summed E-state index contributed by atoms with van der Waals surface area (Å²) in [6, 6.07) is 10.3. The number of aliphatic hydroxyl groups is 1. The van der Waals surface area contributed by atoms with Crippen LogP contribution in [0.25, 0.3) is 0 Å². The van der Waals surface area contributed by atoms with E-state index in [-0.39, 0.29) is 19.1 Å². The second kappa shape index (κ2) is 7.95. The normalized spacial score (nSPS) is 13.7. The Morgan fingerprint density at radius 3 is 2.92 bits per heavy atom. The molecule has 0 aliphatic carbocycles.